The lowest BCUT2D eigenvalue weighted by Crippen LogP contribution is -2.60. The Morgan fingerprint density at radius 2 is 1.34 bits per heavy atom. The molecule has 0 unspecified atom stereocenters. The van der Waals surface area contributed by atoms with Crippen LogP contribution in [-0.2, 0) is 4.74 Å². The molecule has 2 aromatic heterocycles. The number of aromatic hydroxyl groups is 3. The molecule has 0 radical (unpaired) electrons. The number of ether oxygens (including phenoxy) is 4. The van der Waals surface area contributed by atoms with Crippen molar-refractivity contribution in [1.29, 1.82) is 0 Å². The Hall–Kier alpha value is -6.10. The third-order valence-corrected chi connectivity index (χ3v) is 8.96. The summed E-state index contributed by atoms with van der Waals surface area (Å²) in [5.74, 6) is -0.784. The van der Waals surface area contributed by atoms with Crippen molar-refractivity contribution in [3.05, 3.63) is 93.2 Å². The van der Waals surface area contributed by atoms with E-state index in [2.05, 4.69) is 0 Å². The molecule has 1 aliphatic heterocycles. The molecular weight excluding hydrogens is 696 g/mol. The summed E-state index contributed by atoms with van der Waals surface area (Å²) in [6.45, 7) is -0.748. The summed E-state index contributed by atoms with van der Waals surface area (Å²) in [5, 5.41) is 72.7. The molecule has 3 heterocycles. The van der Waals surface area contributed by atoms with E-state index < -0.39 is 53.9 Å². The average molecular weight is 729 g/mol. The van der Waals surface area contributed by atoms with Crippen LogP contribution in [0.15, 0.2) is 91.2 Å². The van der Waals surface area contributed by atoms with Gasteiger partial charge in [-0.15, -0.1) is 0 Å². The van der Waals surface area contributed by atoms with Gasteiger partial charge in [0.25, 0.3) is 0 Å². The molecule has 4 aromatic carbocycles. The maximum absolute atomic E-state index is 13.7. The summed E-state index contributed by atoms with van der Waals surface area (Å²) in [4.78, 5) is 26.9. The van der Waals surface area contributed by atoms with Crippen LogP contribution in [0.3, 0.4) is 0 Å². The van der Waals surface area contributed by atoms with Gasteiger partial charge in [-0.25, -0.2) is 0 Å². The van der Waals surface area contributed by atoms with Crippen LogP contribution in [0.4, 0.5) is 0 Å². The van der Waals surface area contributed by atoms with Crippen molar-refractivity contribution in [1.82, 2.24) is 0 Å². The molecule has 274 valence electrons. The molecule has 7 rings (SSSR count). The fraction of sp³-hybridized carbons (Fsp3) is 0.211. The van der Waals surface area contributed by atoms with E-state index >= 15 is 0 Å². The minimum atomic E-state index is -1.86. The van der Waals surface area contributed by atoms with Gasteiger partial charge in [0.05, 0.1) is 26.4 Å². The second-order valence-corrected chi connectivity index (χ2v) is 12.2. The van der Waals surface area contributed by atoms with Crippen molar-refractivity contribution in [2.45, 2.75) is 30.7 Å². The highest BCUT2D eigenvalue weighted by molar-refractivity contribution is 6.01. The zero-order chi connectivity index (χ0) is 37.7. The van der Waals surface area contributed by atoms with Crippen molar-refractivity contribution in [3.63, 3.8) is 0 Å². The van der Waals surface area contributed by atoms with E-state index in [1.54, 1.807) is 6.07 Å². The number of methoxy groups -OCH3 is 2. The molecule has 1 aliphatic rings. The number of hydrogen-bond acceptors (Lipinski definition) is 15. The number of aliphatic hydroxyl groups excluding tert-OH is 4. The molecule has 1 fully saturated rings. The number of rotatable bonds is 8. The van der Waals surface area contributed by atoms with Crippen LogP contribution in [0.2, 0.25) is 0 Å². The van der Waals surface area contributed by atoms with Gasteiger partial charge in [-0.1, -0.05) is 0 Å². The lowest BCUT2D eigenvalue weighted by molar-refractivity contribution is -0.277. The standard InChI is InChI=1S/C38H32O15/c1-48-19-10-21(41)32-22(42)12-27(50-28(32)11-19)17-5-8-25(49-2)20(9-17)31-29(52-38-36(47)35(46)34(45)30(15-39)53-38)14-24(44)33-23(43)13-26(51-37(31)33)16-3-6-18(40)7-4-16/h3-14,30,34-36,38-41,44-47H,15H2,1-2H3/t30-,34-,35+,36-,38-/m1/s1. The monoisotopic (exact) mass is 728 g/mol. The molecule has 7 N–H and O–H groups in total. The Labute approximate surface area is 298 Å². The van der Waals surface area contributed by atoms with Gasteiger partial charge >= 0.3 is 0 Å². The molecule has 15 heteroatoms. The van der Waals surface area contributed by atoms with Gasteiger partial charge in [0, 0.05) is 47.0 Å². The molecule has 53 heavy (non-hydrogen) atoms. The maximum Gasteiger partial charge on any atom is 0.229 e. The van der Waals surface area contributed by atoms with Gasteiger partial charge in [-0.2, -0.15) is 0 Å². The van der Waals surface area contributed by atoms with E-state index in [4.69, 9.17) is 27.8 Å². The van der Waals surface area contributed by atoms with Crippen LogP contribution in [0, 0.1) is 0 Å². The minimum Gasteiger partial charge on any atom is -0.508 e. The second kappa shape index (κ2) is 13.8. The lowest BCUT2D eigenvalue weighted by atomic mass is 9.96. The van der Waals surface area contributed by atoms with Crippen LogP contribution in [0.5, 0.6) is 34.5 Å². The fourth-order valence-corrected chi connectivity index (χ4v) is 6.26. The van der Waals surface area contributed by atoms with Crippen LogP contribution in [-0.4, -0.2) is 87.3 Å². The summed E-state index contributed by atoms with van der Waals surface area (Å²) in [7, 11) is 2.75. The molecule has 15 nitrogen and oxygen atoms in total. The number of phenolic OH excluding ortho intramolecular Hbond substituents is 3. The summed E-state index contributed by atoms with van der Waals surface area (Å²) >= 11 is 0. The van der Waals surface area contributed by atoms with Crippen LogP contribution in [0.25, 0.3) is 55.7 Å². The van der Waals surface area contributed by atoms with Gasteiger partial charge in [0.15, 0.2) is 16.4 Å². The predicted octanol–water partition coefficient (Wildman–Crippen LogP) is 3.21. The Bertz CT molecular complexity index is 2470. The average Bonchev–Trinajstić information content (AvgIpc) is 3.14. The van der Waals surface area contributed by atoms with E-state index in [1.165, 1.54) is 68.8 Å². The van der Waals surface area contributed by atoms with Gasteiger partial charge in [0.2, 0.25) is 6.29 Å². The van der Waals surface area contributed by atoms with Gasteiger partial charge in [-0.05, 0) is 42.5 Å². The third-order valence-electron chi connectivity index (χ3n) is 8.96. The molecule has 0 spiro atoms. The Kier molecular flexibility index (Phi) is 9.19. The number of fused-ring (bicyclic) bond motifs is 2. The van der Waals surface area contributed by atoms with Crippen LogP contribution >= 0.6 is 0 Å². The largest absolute Gasteiger partial charge is 0.508 e. The molecule has 0 saturated carbocycles. The van der Waals surface area contributed by atoms with Crippen molar-refractivity contribution < 1.29 is 63.5 Å². The van der Waals surface area contributed by atoms with Crippen LogP contribution < -0.4 is 25.1 Å². The molecule has 0 aliphatic carbocycles. The zero-order valence-corrected chi connectivity index (χ0v) is 27.9. The van der Waals surface area contributed by atoms with Crippen molar-refractivity contribution in [2.75, 3.05) is 20.8 Å². The first kappa shape index (κ1) is 35.3. The zero-order valence-electron chi connectivity index (χ0n) is 27.9. The number of phenols is 3. The summed E-state index contributed by atoms with van der Waals surface area (Å²) in [6.07, 6.45) is -8.44. The van der Waals surface area contributed by atoms with Gasteiger partial charge < -0.3 is 63.5 Å². The molecule has 5 atom stereocenters. The molecule has 6 aromatic rings. The molecular formula is C38H32O15. The molecule has 0 bridgehead atoms. The first-order valence-corrected chi connectivity index (χ1v) is 16.1. The highest BCUT2D eigenvalue weighted by atomic mass is 16.7. The van der Waals surface area contributed by atoms with Crippen molar-refractivity contribution >= 4 is 21.9 Å². The van der Waals surface area contributed by atoms with Gasteiger partial charge in [-0.3, -0.25) is 9.59 Å². The Morgan fingerprint density at radius 1 is 0.679 bits per heavy atom. The highest BCUT2D eigenvalue weighted by Gasteiger charge is 2.45. The first-order valence-electron chi connectivity index (χ1n) is 16.1. The van der Waals surface area contributed by atoms with E-state index in [0.29, 0.717) is 11.1 Å². The second-order valence-electron chi connectivity index (χ2n) is 12.2. The SMILES string of the molecule is COc1cc(O)c2c(=O)cc(-c3ccc(OC)c(-c4c(O[C@@H]5O[C@H](CO)[C@@H](O)[C@H](O)[C@H]5O)cc(O)c5c(=O)cc(-c6ccc(O)cc6)oc45)c3)oc2c1. The minimum absolute atomic E-state index is 0.0213. The normalized spacial score (nSPS) is 20.1. The van der Waals surface area contributed by atoms with Crippen molar-refractivity contribution in [2.24, 2.45) is 0 Å². The Morgan fingerprint density at radius 3 is 2.02 bits per heavy atom. The number of aliphatic hydroxyl groups is 4. The smallest absolute Gasteiger partial charge is 0.229 e. The maximum atomic E-state index is 13.7. The molecule has 1 saturated heterocycles. The van der Waals surface area contributed by atoms with E-state index in [-0.39, 0.29) is 73.3 Å². The third kappa shape index (κ3) is 6.26. The topological polar surface area (TPSA) is 239 Å². The Balaban J connectivity index is 1.50. The summed E-state index contributed by atoms with van der Waals surface area (Å²) < 4.78 is 35.0. The predicted molar refractivity (Wildman–Crippen MR) is 187 cm³/mol. The van der Waals surface area contributed by atoms with Crippen molar-refractivity contribution in [3.8, 4) is 68.3 Å². The lowest BCUT2D eigenvalue weighted by Gasteiger charge is -2.39. The highest BCUT2D eigenvalue weighted by Crippen LogP contribution is 2.47. The first-order chi connectivity index (χ1) is 25.4. The van der Waals surface area contributed by atoms with E-state index in [9.17, 15) is 45.3 Å². The van der Waals surface area contributed by atoms with Gasteiger partial charge in [0.1, 0.15) is 86.8 Å². The number of benzene rings is 4. The van der Waals surface area contributed by atoms with E-state index in [0.717, 1.165) is 12.1 Å². The van der Waals surface area contributed by atoms with E-state index in [1.807, 2.05) is 0 Å². The number of hydrogen-bond donors (Lipinski definition) is 7. The molecule has 0 amide bonds. The summed E-state index contributed by atoms with van der Waals surface area (Å²) in [6, 6.07) is 16.5. The van der Waals surface area contributed by atoms with Crippen LogP contribution in [0.1, 0.15) is 0 Å². The fourth-order valence-electron chi connectivity index (χ4n) is 6.26. The quantitative estimate of drug-likeness (QED) is 0.119. The summed E-state index contributed by atoms with van der Waals surface area (Å²) in [5.41, 5.74) is -0.658.